The number of hydrogen-bond acceptors (Lipinski definition) is 5. The molecule has 0 spiro atoms. The van der Waals surface area contributed by atoms with E-state index in [-0.39, 0.29) is 51.7 Å². The first-order valence-electron chi connectivity index (χ1n) is 15.8. The number of rotatable bonds is 18. The Balaban J connectivity index is 5.14. The minimum Gasteiger partial charge on any atom is -0.459 e. The first-order chi connectivity index (χ1) is 17.7. The second-order valence-electron chi connectivity index (χ2n) is 16.9. The molecule has 0 aliphatic heterocycles. The van der Waals surface area contributed by atoms with Gasteiger partial charge in [0.05, 0.1) is 36.4 Å². The SMILES string of the molecule is CC(C)OCCC(C)(C)C(C)(C)OCC(C)C(C)(C)C(C)(C)OCCC(C)(C)OC(=O)C(CC(C)(C)C)C(C)C. The molecular weight excluding hydrogens is 500 g/mol. The number of esters is 1. The van der Waals surface area contributed by atoms with Gasteiger partial charge >= 0.3 is 5.97 Å². The molecule has 0 aromatic heterocycles. The molecule has 0 bridgehead atoms. The van der Waals surface area contributed by atoms with Crippen LogP contribution in [-0.4, -0.2) is 48.7 Å². The monoisotopic (exact) mass is 571 g/mol. The fourth-order valence-corrected chi connectivity index (χ4v) is 4.57. The van der Waals surface area contributed by atoms with Gasteiger partial charge < -0.3 is 18.9 Å². The summed E-state index contributed by atoms with van der Waals surface area (Å²) in [6, 6.07) is 0. The Hall–Kier alpha value is -0.650. The van der Waals surface area contributed by atoms with Crippen LogP contribution >= 0.6 is 0 Å². The number of ether oxygens (including phenoxy) is 4. The molecule has 0 aromatic rings. The van der Waals surface area contributed by atoms with Gasteiger partial charge in [-0.15, -0.1) is 0 Å². The molecule has 5 heteroatoms. The maximum absolute atomic E-state index is 13.1. The van der Waals surface area contributed by atoms with E-state index in [0.29, 0.717) is 19.6 Å². The summed E-state index contributed by atoms with van der Waals surface area (Å²) in [5.41, 5.74) is -1.38. The second-order valence-corrected chi connectivity index (χ2v) is 16.9. The lowest BCUT2D eigenvalue weighted by molar-refractivity contribution is -0.174. The van der Waals surface area contributed by atoms with Crippen LogP contribution in [0, 0.1) is 34.0 Å². The summed E-state index contributed by atoms with van der Waals surface area (Å²) >= 11 is 0. The van der Waals surface area contributed by atoms with E-state index in [0.717, 1.165) is 19.4 Å². The molecule has 0 heterocycles. The van der Waals surface area contributed by atoms with Gasteiger partial charge in [0.15, 0.2) is 0 Å². The van der Waals surface area contributed by atoms with Crippen molar-refractivity contribution in [1.29, 1.82) is 0 Å². The highest BCUT2D eigenvalue weighted by molar-refractivity contribution is 5.73. The van der Waals surface area contributed by atoms with E-state index in [1.54, 1.807) is 0 Å². The Labute approximate surface area is 250 Å². The molecule has 40 heavy (non-hydrogen) atoms. The van der Waals surface area contributed by atoms with Crippen LogP contribution in [0.4, 0.5) is 0 Å². The first-order valence-corrected chi connectivity index (χ1v) is 15.8. The molecule has 0 saturated carbocycles. The van der Waals surface area contributed by atoms with Gasteiger partial charge in [-0.05, 0) is 96.3 Å². The highest BCUT2D eigenvalue weighted by Crippen LogP contribution is 2.43. The highest BCUT2D eigenvalue weighted by Gasteiger charge is 2.45. The Kier molecular flexibility index (Phi) is 14.5. The molecule has 0 aliphatic carbocycles. The van der Waals surface area contributed by atoms with Crippen molar-refractivity contribution in [3.63, 3.8) is 0 Å². The summed E-state index contributed by atoms with van der Waals surface area (Å²) < 4.78 is 25.0. The summed E-state index contributed by atoms with van der Waals surface area (Å²) in [5.74, 6) is 0.306. The van der Waals surface area contributed by atoms with Gasteiger partial charge in [0.1, 0.15) is 5.60 Å². The van der Waals surface area contributed by atoms with E-state index in [2.05, 4.69) is 111 Å². The molecule has 0 aromatic carbocycles. The van der Waals surface area contributed by atoms with Crippen molar-refractivity contribution < 1.29 is 23.7 Å². The van der Waals surface area contributed by atoms with Gasteiger partial charge in [-0.3, -0.25) is 4.79 Å². The molecule has 0 rings (SSSR count). The third-order valence-corrected chi connectivity index (χ3v) is 9.77. The Morgan fingerprint density at radius 1 is 0.675 bits per heavy atom. The van der Waals surface area contributed by atoms with E-state index in [4.69, 9.17) is 18.9 Å². The van der Waals surface area contributed by atoms with E-state index in [1.165, 1.54) is 0 Å². The molecular formula is C35H70O5. The molecule has 0 N–H and O–H groups in total. The minimum atomic E-state index is -0.591. The molecule has 0 aliphatic rings. The van der Waals surface area contributed by atoms with Gasteiger partial charge in [0.2, 0.25) is 0 Å². The van der Waals surface area contributed by atoms with Crippen molar-refractivity contribution in [1.82, 2.24) is 0 Å². The van der Waals surface area contributed by atoms with Gasteiger partial charge in [-0.2, -0.15) is 0 Å². The van der Waals surface area contributed by atoms with Crippen molar-refractivity contribution in [2.75, 3.05) is 19.8 Å². The van der Waals surface area contributed by atoms with Gasteiger partial charge in [-0.1, -0.05) is 69.2 Å². The van der Waals surface area contributed by atoms with Crippen LogP contribution in [0.2, 0.25) is 0 Å². The van der Waals surface area contributed by atoms with Crippen molar-refractivity contribution >= 4 is 5.97 Å². The van der Waals surface area contributed by atoms with Crippen LogP contribution in [0.5, 0.6) is 0 Å². The maximum atomic E-state index is 13.1. The van der Waals surface area contributed by atoms with Gasteiger partial charge in [-0.25, -0.2) is 0 Å². The molecule has 0 amide bonds. The Morgan fingerprint density at radius 2 is 1.20 bits per heavy atom. The number of carbonyl (C=O) groups excluding carboxylic acids is 1. The standard InChI is InChI=1S/C35H70O5/c1-25(2)28(23-30(6,7)8)29(36)40-32(11,12)20-22-38-35(17,18)33(13,14)27(5)24-39-34(15,16)31(9,10)19-21-37-26(3)4/h25-28H,19-24H2,1-18H3. The fourth-order valence-electron chi connectivity index (χ4n) is 4.57. The first kappa shape index (κ1) is 39.4. The summed E-state index contributed by atoms with van der Waals surface area (Å²) in [5, 5.41) is 0. The van der Waals surface area contributed by atoms with Gasteiger partial charge in [0.25, 0.3) is 0 Å². The number of hydrogen-bond donors (Lipinski definition) is 0. The zero-order valence-electron chi connectivity index (χ0n) is 30.1. The molecule has 5 nitrogen and oxygen atoms in total. The summed E-state index contributed by atoms with van der Waals surface area (Å²) in [4.78, 5) is 13.1. The molecule has 240 valence electrons. The van der Waals surface area contributed by atoms with Crippen LogP contribution < -0.4 is 0 Å². The molecule has 0 radical (unpaired) electrons. The Morgan fingerprint density at radius 3 is 1.65 bits per heavy atom. The summed E-state index contributed by atoms with van der Waals surface area (Å²) in [6.07, 6.45) is 2.64. The highest BCUT2D eigenvalue weighted by atomic mass is 16.6. The van der Waals surface area contributed by atoms with E-state index in [1.807, 2.05) is 13.8 Å². The third-order valence-electron chi connectivity index (χ3n) is 9.77. The maximum Gasteiger partial charge on any atom is 0.309 e. The lowest BCUT2D eigenvalue weighted by atomic mass is 9.68. The average Bonchev–Trinajstić information content (AvgIpc) is 2.73. The number of carbonyl (C=O) groups is 1. The van der Waals surface area contributed by atoms with Crippen molar-refractivity contribution in [3.8, 4) is 0 Å². The average molecular weight is 571 g/mol. The molecule has 0 fully saturated rings. The van der Waals surface area contributed by atoms with E-state index >= 15 is 0 Å². The normalized spacial score (nSPS) is 16.0. The zero-order valence-corrected chi connectivity index (χ0v) is 30.1. The van der Waals surface area contributed by atoms with Crippen LogP contribution in [0.15, 0.2) is 0 Å². The smallest absolute Gasteiger partial charge is 0.309 e. The van der Waals surface area contributed by atoms with Crippen molar-refractivity contribution in [2.24, 2.45) is 34.0 Å². The zero-order chi connectivity index (χ0) is 32.0. The Bertz CT molecular complexity index is 752. The van der Waals surface area contributed by atoms with Crippen LogP contribution in [0.25, 0.3) is 0 Å². The van der Waals surface area contributed by atoms with E-state index in [9.17, 15) is 4.79 Å². The lowest BCUT2D eigenvalue weighted by Gasteiger charge is -2.48. The minimum absolute atomic E-state index is 0.0255. The van der Waals surface area contributed by atoms with Crippen LogP contribution in [0.3, 0.4) is 0 Å². The fraction of sp³-hybridized carbons (Fsp3) is 0.971. The van der Waals surface area contributed by atoms with Crippen LogP contribution in [-0.2, 0) is 23.7 Å². The topological polar surface area (TPSA) is 54.0 Å². The van der Waals surface area contributed by atoms with Gasteiger partial charge in [0, 0.05) is 13.0 Å². The molecule has 2 atom stereocenters. The lowest BCUT2D eigenvalue weighted by Crippen LogP contribution is -2.49. The van der Waals surface area contributed by atoms with Crippen molar-refractivity contribution in [2.45, 2.75) is 167 Å². The van der Waals surface area contributed by atoms with Crippen molar-refractivity contribution in [3.05, 3.63) is 0 Å². The van der Waals surface area contributed by atoms with E-state index < -0.39 is 11.2 Å². The van der Waals surface area contributed by atoms with Crippen LogP contribution in [0.1, 0.15) is 144 Å². The predicted molar refractivity (Wildman–Crippen MR) is 170 cm³/mol. The largest absolute Gasteiger partial charge is 0.459 e. The predicted octanol–water partition coefficient (Wildman–Crippen LogP) is 9.50. The quantitative estimate of drug-likeness (QED) is 0.154. The summed E-state index contributed by atoms with van der Waals surface area (Å²) in [6.45, 7) is 40.8. The summed E-state index contributed by atoms with van der Waals surface area (Å²) in [7, 11) is 0. The molecule has 0 saturated heterocycles. The second kappa shape index (κ2) is 14.7. The molecule has 2 unspecified atom stereocenters. The third kappa shape index (κ3) is 12.7.